The van der Waals surface area contributed by atoms with E-state index in [-0.39, 0.29) is 5.91 Å². The molecule has 0 aliphatic carbocycles. The molecular formula is C16H21N3O2. The monoisotopic (exact) mass is 287 g/mol. The lowest BCUT2D eigenvalue weighted by Gasteiger charge is -2.10. The zero-order chi connectivity index (χ0) is 15.4. The Morgan fingerprint density at radius 3 is 2.76 bits per heavy atom. The molecule has 0 bridgehead atoms. The Bertz CT molecular complexity index is 647. The molecule has 112 valence electrons. The molecule has 0 radical (unpaired) electrons. The van der Waals surface area contributed by atoms with E-state index in [4.69, 9.17) is 4.74 Å². The first kappa shape index (κ1) is 15.1. The van der Waals surface area contributed by atoms with Crippen LogP contribution < -0.4 is 10.1 Å². The van der Waals surface area contributed by atoms with Crippen LogP contribution in [0, 0.1) is 13.8 Å². The zero-order valence-corrected chi connectivity index (χ0v) is 12.9. The Morgan fingerprint density at radius 2 is 2.14 bits per heavy atom. The minimum Gasteiger partial charge on any atom is -0.496 e. The Labute approximate surface area is 124 Å². The highest BCUT2D eigenvalue weighted by Gasteiger charge is 2.13. The number of aromatic nitrogens is 2. The molecule has 0 saturated carbocycles. The second-order valence-electron chi connectivity index (χ2n) is 4.91. The number of nitrogens with zero attached hydrogens (tertiary/aromatic N) is 2. The molecular weight excluding hydrogens is 266 g/mol. The third-order valence-corrected chi connectivity index (χ3v) is 3.56. The van der Waals surface area contributed by atoms with Crippen molar-refractivity contribution in [3.05, 3.63) is 46.8 Å². The highest BCUT2D eigenvalue weighted by Crippen LogP contribution is 2.20. The second-order valence-corrected chi connectivity index (χ2v) is 4.91. The quantitative estimate of drug-likeness (QED) is 0.919. The second kappa shape index (κ2) is 6.43. The maximum absolute atomic E-state index is 12.3. The molecule has 0 aliphatic rings. The van der Waals surface area contributed by atoms with Crippen molar-refractivity contribution in [2.75, 3.05) is 7.11 Å². The fraction of sp³-hybridized carbons (Fsp3) is 0.375. The summed E-state index contributed by atoms with van der Waals surface area (Å²) in [5.74, 6) is 0.618. The molecule has 1 heterocycles. The summed E-state index contributed by atoms with van der Waals surface area (Å²) in [6.07, 6.45) is 1.97. The number of nitrogens with one attached hydrogen (secondary N) is 1. The van der Waals surface area contributed by atoms with E-state index < -0.39 is 0 Å². The van der Waals surface area contributed by atoms with Gasteiger partial charge >= 0.3 is 0 Å². The zero-order valence-electron chi connectivity index (χ0n) is 12.9. The summed E-state index contributed by atoms with van der Waals surface area (Å²) in [7, 11) is 1.60. The van der Waals surface area contributed by atoms with Crippen LogP contribution in [0.4, 0.5) is 0 Å². The molecule has 0 unspecified atom stereocenters. The summed E-state index contributed by atoms with van der Waals surface area (Å²) < 4.78 is 7.11. The van der Waals surface area contributed by atoms with Gasteiger partial charge in [-0.25, -0.2) is 0 Å². The Hall–Kier alpha value is -2.30. The van der Waals surface area contributed by atoms with Crippen molar-refractivity contribution in [2.45, 2.75) is 33.9 Å². The normalized spacial score (nSPS) is 10.5. The Kier molecular flexibility index (Phi) is 4.62. The molecule has 1 aromatic heterocycles. The number of hydrogen-bond acceptors (Lipinski definition) is 3. The summed E-state index contributed by atoms with van der Waals surface area (Å²) in [4.78, 5) is 12.3. The van der Waals surface area contributed by atoms with Gasteiger partial charge in [0.1, 0.15) is 5.75 Å². The van der Waals surface area contributed by atoms with Gasteiger partial charge in [-0.15, -0.1) is 0 Å². The fourth-order valence-corrected chi connectivity index (χ4v) is 2.25. The maximum atomic E-state index is 12.3. The number of benzene rings is 1. The van der Waals surface area contributed by atoms with Gasteiger partial charge in [0, 0.05) is 36.0 Å². The molecule has 0 spiro atoms. The molecule has 0 fully saturated rings. The van der Waals surface area contributed by atoms with Crippen LogP contribution >= 0.6 is 0 Å². The van der Waals surface area contributed by atoms with Crippen LogP contribution in [-0.4, -0.2) is 22.8 Å². The summed E-state index contributed by atoms with van der Waals surface area (Å²) in [5, 5.41) is 7.31. The lowest BCUT2D eigenvalue weighted by atomic mass is 10.1. The van der Waals surface area contributed by atoms with Crippen LogP contribution in [0.15, 0.2) is 24.4 Å². The van der Waals surface area contributed by atoms with Gasteiger partial charge < -0.3 is 10.1 Å². The van der Waals surface area contributed by atoms with E-state index in [9.17, 15) is 4.79 Å². The Morgan fingerprint density at radius 1 is 1.38 bits per heavy atom. The predicted octanol–water partition coefficient (Wildman–Crippen LogP) is 2.46. The van der Waals surface area contributed by atoms with Crippen molar-refractivity contribution in [1.29, 1.82) is 0 Å². The van der Waals surface area contributed by atoms with Crippen LogP contribution in [-0.2, 0) is 13.1 Å². The smallest absolute Gasteiger partial charge is 0.251 e. The lowest BCUT2D eigenvalue weighted by Crippen LogP contribution is -2.23. The molecule has 5 nitrogen and oxygen atoms in total. The lowest BCUT2D eigenvalue weighted by molar-refractivity contribution is 0.0950. The Balaban J connectivity index is 2.10. The van der Waals surface area contributed by atoms with Gasteiger partial charge in [-0.3, -0.25) is 9.48 Å². The number of ether oxygens (including phenoxy) is 1. The van der Waals surface area contributed by atoms with Gasteiger partial charge in [-0.05, 0) is 32.9 Å². The van der Waals surface area contributed by atoms with Gasteiger partial charge in [0.15, 0.2) is 0 Å². The first-order valence-corrected chi connectivity index (χ1v) is 7.01. The number of rotatable bonds is 5. The van der Waals surface area contributed by atoms with E-state index in [1.807, 2.05) is 43.8 Å². The highest BCUT2D eigenvalue weighted by molar-refractivity contribution is 5.96. The average Bonchev–Trinajstić information content (AvgIpc) is 2.85. The first-order chi connectivity index (χ1) is 10.1. The molecule has 1 aromatic carbocycles. The van der Waals surface area contributed by atoms with Crippen molar-refractivity contribution in [1.82, 2.24) is 15.1 Å². The van der Waals surface area contributed by atoms with E-state index in [1.54, 1.807) is 13.2 Å². The number of hydrogen-bond donors (Lipinski definition) is 1. The van der Waals surface area contributed by atoms with E-state index >= 15 is 0 Å². The largest absolute Gasteiger partial charge is 0.496 e. The fourth-order valence-electron chi connectivity index (χ4n) is 2.25. The van der Waals surface area contributed by atoms with Crippen LogP contribution in [0.3, 0.4) is 0 Å². The summed E-state index contributed by atoms with van der Waals surface area (Å²) in [5.41, 5.74) is 3.46. The van der Waals surface area contributed by atoms with Crippen molar-refractivity contribution < 1.29 is 9.53 Å². The topological polar surface area (TPSA) is 56.2 Å². The van der Waals surface area contributed by atoms with Crippen molar-refractivity contribution in [3.8, 4) is 5.75 Å². The summed E-state index contributed by atoms with van der Waals surface area (Å²) in [6.45, 7) is 7.16. The molecule has 2 aromatic rings. The predicted molar refractivity (Wildman–Crippen MR) is 81.5 cm³/mol. The summed E-state index contributed by atoms with van der Waals surface area (Å²) in [6, 6.07) is 5.47. The third kappa shape index (κ3) is 3.24. The molecule has 0 atom stereocenters. The van der Waals surface area contributed by atoms with Gasteiger partial charge in [-0.2, -0.15) is 5.10 Å². The molecule has 2 rings (SSSR count). The van der Waals surface area contributed by atoms with E-state index in [2.05, 4.69) is 10.4 Å². The maximum Gasteiger partial charge on any atom is 0.251 e. The van der Waals surface area contributed by atoms with Crippen LogP contribution in [0.5, 0.6) is 5.75 Å². The highest BCUT2D eigenvalue weighted by atomic mass is 16.5. The number of carbonyl (C=O) groups is 1. The SMILES string of the molecule is CCn1cc(CNC(=O)c2cccc(OC)c2C)c(C)n1. The van der Waals surface area contributed by atoms with Crippen LogP contribution in [0.25, 0.3) is 0 Å². The molecule has 5 heteroatoms. The van der Waals surface area contributed by atoms with Gasteiger partial charge in [-0.1, -0.05) is 6.07 Å². The number of methoxy groups -OCH3 is 1. The van der Waals surface area contributed by atoms with Crippen LogP contribution in [0.1, 0.15) is 34.1 Å². The molecule has 1 N–H and O–H groups in total. The van der Waals surface area contributed by atoms with Crippen molar-refractivity contribution >= 4 is 5.91 Å². The number of carbonyl (C=O) groups excluding carboxylic acids is 1. The molecule has 21 heavy (non-hydrogen) atoms. The van der Waals surface area contributed by atoms with E-state index in [0.717, 1.165) is 29.1 Å². The van der Waals surface area contributed by atoms with Crippen LogP contribution in [0.2, 0.25) is 0 Å². The first-order valence-electron chi connectivity index (χ1n) is 7.01. The third-order valence-electron chi connectivity index (χ3n) is 3.56. The molecule has 0 aliphatic heterocycles. The van der Waals surface area contributed by atoms with Gasteiger partial charge in [0.05, 0.1) is 12.8 Å². The minimum absolute atomic E-state index is 0.102. The van der Waals surface area contributed by atoms with E-state index in [0.29, 0.717) is 12.1 Å². The number of amides is 1. The molecule has 0 saturated heterocycles. The van der Waals surface area contributed by atoms with Crippen molar-refractivity contribution in [2.24, 2.45) is 0 Å². The van der Waals surface area contributed by atoms with Gasteiger partial charge in [0.2, 0.25) is 0 Å². The average molecular weight is 287 g/mol. The number of aryl methyl sites for hydroxylation is 2. The molecule has 1 amide bonds. The minimum atomic E-state index is -0.102. The van der Waals surface area contributed by atoms with E-state index in [1.165, 1.54) is 0 Å². The standard InChI is InChI=1S/C16H21N3O2/c1-5-19-10-13(12(3)18-19)9-17-16(20)14-7-6-8-15(21-4)11(14)2/h6-8,10H,5,9H2,1-4H3,(H,17,20). The summed E-state index contributed by atoms with van der Waals surface area (Å²) >= 11 is 0. The van der Waals surface area contributed by atoms with Crippen molar-refractivity contribution in [3.63, 3.8) is 0 Å². The van der Waals surface area contributed by atoms with Gasteiger partial charge in [0.25, 0.3) is 5.91 Å².